The molecule has 0 aliphatic carbocycles. The van der Waals surface area contributed by atoms with Gasteiger partial charge < -0.3 is 15.5 Å². The lowest BCUT2D eigenvalue weighted by Crippen LogP contribution is -2.51. The van der Waals surface area contributed by atoms with Crippen molar-refractivity contribution in [2.75, 3.05) is 25.9 Å². The zero-order valence-corrected chi connectivity index (χ0v) is 9.72. The average molecular weight is 233 g/mol. The van der Waals surface area contributed by atoms with E-state index >= 15 is 0 Å². The zero-order chi connectivity index (χ0) is 12.4. The summed E-state index contributed by atoms with van der Waals surface area (Å²) in [5, 5.41) is 0. The summed E-state index contributed by atoms with van der Waals surface area (Å²) < 4.78 is 0. The van der Waals surface area contributed by atoms with Gasteiger partial charge in [0.05, 0.1) is 6.54 Å². The Balaban J connectivity index is 2.12. The van der Waals surface area contributed by atoms with Crippen molar-refractivity contribution >= 4 is 17.5 Å². The first-order valence-corrected chi connectivity index (χ1v) is 5.43. The Hall–Kier alpha value is -2.04. The smallest absolute Gasteiger partial charge is 0.242 e. The van der Waals surface area contributed by atoms with Gasteiger partial charge in [-0.05, 0) is 11.6 Å². The molecule has 0 saturated carbocycles. The maximum absolute atomic E-state index is 11.8. The van der Waals surface area contributed by atoms with Gasteiger partial charge in [0.25, 0.3) is 0 Å². The van der Waals surface area contributed by atoms with E-state index in [-0.39, 0.29) is 24.9 Å². The van der Waals surface area contributed by atoms with Crippen LogP contribution in [0.15, 0.2) is 24.3 Å². The van der Waals surface area contributed by atoms with E-state index in [1.54, 1.807) is 13.1 Å². The summed E-state index contributed by atoms with van der Waals surface area (Å²) in [4.78, 5) is 26.3. The Morgan fingerprint density at radius 3 is 2.59 bits per heavy atom. The summed E-state index contributed by atoms with van der Waals surface area (Å²) in [6.07, 6.45) is 0. The van der Waals surface area contributed by atoms with E-state index in [2.05, 4.69) is 0 Å². The number of nitrogen functional groups attached to an aromatic ring is 1. The van der Waals surface area contributed by atoms with Crippen molar-refractivity contribution in [3.8, 4) is 0 Å². The number of anilines is 1. The minimum atomic E-state index is -0.0460. The van der Waals surface area contributed by atoms with Crippen LogP contribution in [-0.2, 0) is 16.1 Å². The molecule has 1 fully saturated rings. The Bertz CT molecular complexity index is 459. The van der Waals surface area contributed by atoms with Crippen LogP contribution in [0.4, 0.5) is 5.69 Å². The number of nitrogens with two attached hydrogens (primary N) is 1. The maximum Gasteiger partial charge on any atom is 0.242 e. The van der Waals surface area contributed by atoms with Crippen molar-refractivity contribution in [1.82, 2.24) is 9.80 Å². The van der Waals surface area contributed by atoms with E-state index in [1.807, 2.05) is 18.2 Å². The van der Waals surface area contributed by atoms with Gasteiger partial charge in [0.2, 0.25) is 11.8 Å². The monoisotopic (exact) mass is 233 g/mol. The molecule has 1 aliphatic heterocycles. The fourth-order valence-corrected chi connectivity index (χ4v) is 1.79. The van der Waals surface area contributed by atoms with Gasteiger partial charge in [-0.25, -0.2) is 0 Å². The number of rotatable bonds is 2. The van der Waals surface area contributed by atoms with Crippen molar-refractivity contribution in [2.24, 2.45) is 0 Å². The quantitative estimate of drug-likeness (QED) is 0.735. The van der Waals surface area contributed by atoms with E-state index in [1.165, 1.54) is 9.80 Å². The Morgan fingerprint density at radius 2 is 1.88 bits per heavy atom. The molecule has 5 nitrogen and oxygen atoms in total. The predicted molar refractivity (Wildman–Crippen MR) is 63.9 cm³/mol. The number of carbonyl (C=O) groups is 2. The number of nitrogens with zero attached hydrogens (tertiary/aromatic N) is 2. The second kappa shape index (κ2) is 4.45. The Kier molecular flexibility index (Phi) is 2.99. The SMILES string of the molecule is CN1CC(=O)N(Cc2ccccc2N)CC1=O. The number of likely N-dealkylation sites (N-methyl/N-ethyl adjacent to an activating group) is 1. The predicted octanol–water partition coefficient (Wildman–Crippen LogP) is 0.0694. The average Bonchev–Trinajstić information content (AvgIpc) is 2.29. The largest absolute Gasteiger partial charge is 0.398 e. The van der Waals surface area contributed by atoms with Crippen molar-refractivity contribution in [3.63, 3.8) is 0 Å². The molecular formula is C12H15N3O2. The zero-order valence-electron chi connectivity index (χ0n) is 9.72. The van der Waals surface area contributed by atoms with E-state index in [0.29, 0.717) is 12.2 Å². The number of carbonyl (C=O) groups excluding carboxylic acids is 2. The highest BCUT2D eigenvalue weighted by molar-refractivity contribution is 5.92. The van der Waals surface area contributed by atoms with Crippen LogP contribution in [0.5, 0.6) is 0 Å². The maximum atomic E-state index is 11.8. The highest BCUT2D eigenvalue weighted by atomic mass is 16.2. The first kappa shape index (κ1) is 11.4. The van der Waals surface area contributed by atoms with E-state index < -0.39 is 0 Å². The molecule has 2 amide bonds. The lowest BCUT2D eigenvalue weighted by Gasteiger charge is -2.31. The van der Waals surface area contributed by atoms with Gasteiger partial charge in [-0.15, -0.1) is 0 Å². The first-order chi connectivity index (χ1) is 8.08. The Labute approximate surface area is 99.8 Å². The minimum absolute atomic E-state index is 0.0425. The molecule has 90 valence electrons. The highest BCUT2D eigenvalue weighted by Gasteiger charge is 2.27. The molecule has 2 N–H and O–H groups in total. The van der Waals surface area contributed by atoms with Crippen molar-refractivity contribution < 1.29 is 9.59 Å². The number of hydrogen-bond acceptors (Lipinski definition) is 3. The number of benzene rings is 1. The molecule has 0 aromatic heterocycles. The fraction of sp³-hybridized carbons (Fsp3) is 0.333. The molecule has 17 heavy (non-hydrogen) atoms. The normalized spacial score (nSPS) is 16.5. The molecule has 1 saturated heterocycles. The minimum Gasteiger partial charge on any atom is -0.398 e. The number of hydrogen-bond donors (Lipinski definition) is 1. The summed E-state index contributed by atoms with van der Waals surface area (Å²) in [5.74, 6) is -0.0885. The summed E-state index contributed by atoms with van der Waals surface area (Å²) in [7, 11) is 1.63. The molecule has 0 spiro atoms. The second-order valence-corrected chi connectivity index (χ2v) is 4.20. The van der Waals surface area contributed by atoms with Crippen LogP contribution in [0.2, 0.25) is 0 Å². The summed E-state index contributed by atoms with van der Waals surface area (Å²) in [6, 6.07) is 7.37. The van der Waals surface area contributed by atoms with Crippen molar-refractivity contribution in [2.45, 2.75) is 6.54 Å². The third-order valence-electron chi connectivity index (χ3n) is 2.89. The molecular weight excluding hydrogens is 218 g/mol. The number of piperazine rings is 1. The lowest BCUT2D eigenvalue weighted by atomic mass is 10.1. The molecule has 1 aliphatic rings. The van der Waals surface area contributed by atoms with Gasteiger partial charge in [-0.3, -0.25) is 9.59 Å². The van der Waals surface area contributed by atoms with E-state index in [9.17, 15) is 9.59 Å². The molecule has 1 heterocycles. The molecule has 1 aromatic carbocycles. The Morgan fingerprint density at radius 1 is 1.18 bits per heavy atom. The van der Waals surface area contributed by atoms with Gasteiger partial charge in [0, 0.05) is 19.3 Å². The molecule has 1 aromatic rings. The molecule has 0 atom stereocenters. The highest BCUT2D eigenvalue weighted by Crippen LogP contribution is 2.15. The molecule has 0 bridgehead atoms. The van der Waals surface area contributed by atoms with Crippen molar-refractivity contribution in [3.05, 3.63) is 29.8 Å². The molecule has 0 unspecified atom stereocenters. The van der Waals surface area contributed by atoms with Crippen LogP contribution in [0.3, 0.4) is 0 Å². The van der Waals surface area contributed by atoms with Gasteiger partial charge in [0.15, 0.2) is 0 Å². The van der Waals surface area contributed by atoms with Crippen LogP contribution >= 0.6 is 0 Å². The molecule has 0 radical (unpaired) electrons. The van der Waals surface area contributed by atoms with E-state index in [0.717, 1.165) is 5.56 Å². The lowest BCUT2D eigenvalue weighted by molar-refractivity contribution is -0.149. The first-order valence-electron chi connectivity index (χ1n) is 5.43. The summed E-state index contributed by atoms with van der Waals surface area (Å²) >= 11 is 0. The van der Waals surface area contributed by atoms with Gasteiger partial charge in [-0.2, -0.15) is 0 Å². The number of para-hydroxylation sites is 1. The molecule has 5 heteroatoms. The standard InChI is InChI=1S/C12H15N3O2/c1-14-7-12(17)15(8-11(14)16)6-9-4-2-3-5-10(9)13/h2-5H,6-8,13H2,1H3. The fourth-order valence-electron chi connectivity index (χ4n) is 1.79. The third-order valence-corrected chi connectivity index (χ3v) is 2.89. The second-order valence-electron chi connectivity index (χ2n) is 4.20. The topological polar surface area (TPSA) is 66.6 Å². The van der Waals surface area contributed by atoms with Crippen LogP contribution in [-0.4, -0.2) is 41.8 Å². The van der Waals surface area contributed by atoms with Crippen LogP contribution in [0.25, 0.3) is 0 Å². The molecule has 2 rings (SSSR count). The van der Waals surface area contributed by atoms with Crippen LogP contribution in [0, 0.1) is 0 Å². The summed E-state index contributed by atoms with van der Waals surface area (Å²) in [6.45, 7) is 0.667. The van der Waals surface area contributed by atoms with Gasteiger partial charge >= 0.3 is 0 Å². The van der Waals surface area contributed by atoms with E-state index in [4.69, 9.17) is 5.73 Å². The third kappa shape index (κ3) is 2.38. The van der Waals surface area contributed by atoms with Crippen molar-refractivity contribution in [1.29, 1.82) is 0 Å². The van der Waals surface area contributed by atoms with Gasteiger partial charge in [0.1, 0.15) is 6.54 Å². The van der Waals surface area contributed by atoms with Crippen LogP contribution < -0.4 is 5.73 Å². The van der Waals surface area contributed by atoms with Gasteiger partial charge in [-0.1, -0.05) is 18.2 Å². The van der Waals surface area contributed by atoms with Crippen LogP contribution in [0.1, 0.15) is 5.56 Å². The number of amides is 2. The summed E-state index contributed by atoms with van der Waals surface area (Å²) in [5.41, 5.74) is 7.33.